The number of rotatable bonds is 7. The molecule has 1 aliphatic heterocycles. The van der Waals surface area contributed by atoms with E-state index in [4.69, 9.17) is 21.1 Å². The van der Waals surface area contributed by atoms with E-state index in [1.165, 1.54) is 0 Å². The average Bonchev–Trinajstić information content (AvgIpc) is 3.52. The maximum atomic E-state index is 12.4. The number of hydrogen-bond donors (Lipinski definition) is 3. The number of amides is 1. The number of allylic oxidation sites excluding steroid dienone is 1. The van der Waals surface area contributed by atoms with E-state index in [0.717, 1.165) is 66.8 Å². The summed E-state index contributed by atoms with van der Waals surface area (Å²) in [6, 6.07) is 4.16. The molecule has 1 saturated carbocycles. The van der Waals surface area contributed by atoms with Gasteiger partial charge in [-0.25, -0.2) is 4.98 Å². The van der Waals surface area contributed by atoms with Crippen molar-refractivity contribution < 1.29 is 61.0 Å². The summed E-state index contributed by atoms with van der Waals surface area (Å²) in [4.78, 5) is 27.6. The first kappa shape index (κ1) is 26.9. The van der Waals surface area contributed by atoms with Crippen molar-refractivity contribution in [3.63, 3.8) is 0 Å². The molecule has 0 bridgehead atoms. The number of hydroxylamine groups is 1. The van der Waals surface area contributed by atoms with E-state index >= 15 is 0 Å². The minimum absolute atomic E-state index is 0. The maximum Gasteiger partial charge on any atom is 1.00 e. The van der Waals surface area contributed by atoms with Gasteiger partial charge in [0.25, 0.3) is 0 Å². The van der Waals surface area contributed by atoms with Crippen molar-refractivity contribution in [2.75, 3.05) is 13.1 Å². The molecule has 0 spiro atoms. The van der Waals surface area contributed by atoms with Gasteiger partial charge in [0.15, 0.2) is 0 Å². The minimum atomic E-state index is 0. The van der Waals surface area contributed by atoms with Crippen LogP contribution < -0.4 is 62.0 Å². The molecule has 0 unspecified atom stereocenters. The van der Waals surface area contributed by atoms with Gasteiger partial charge in [0.2, 0.25) is 5.91 Å². The zero-order valence-electron chi connectivity index (χ0n) is 21.3. The third-order valence-electron chi connectivity index (χ3n) is 7.02. The SMILES string of the molecule is CC(=N)/C(C)=C(\N)[N-]Oc1cnc2[nH]c(-c3cnn(C4CCN(C(=O)C5CC5)CC4)c3C)cc2c1.[K+]. The normalized spacial score (nSPS) is 16.9. The fraction of sp³-hybridized carbons (Fsp3) is 0.440. The molecule has 0 atom stereocenters. The Morgan fingerprint density at radius 1 is 1.19 bits per heavy atom. The van der Waals surface area contributed by atoms with E-state index in [1.54, 1.807) is 20.0 Å². The van der Waals surface area contributed by atoms with Crippen LogP contribution in [0.25, 0.3) is 27.8 Å². The van der Waals surface area contributed by atoms with Gasteiger partial charge in [0.1, 0.15) is 11.4 Å². The molecule has 0 radical (unpaired) electrons. The zero-order valence-corrected chi connectivity index (χ0v) is 24.5. The third kappa shape index (κ3) is 5.55. The van der Waals surface area contributed by atoms with Gasteiger partial charge < -0.3 is 25.9 Å². The van der Waals surface area contributed by atoms with Crippen LogP contribution in [0, 0.1) is 18.3 Å². The van der Waals surface area contributed by atoms with Gasteiger partial charge in [-0.1, -0.05) is 0 Å². The Labute approximate surface area is 252 Å². The molecular formula is C25H31KN8O2. The Hall–Kier alpha value is -2.18. The van der Waals surface area contributed by atoms with Crippen LogP contribution in [0.4, 0.5) is 0 Å². The number of H-pyrrole nitrogens is 1. The summed E-state index contributed by atoms with van der Waals surface area (Å²) < 4.78 is 2.10. The fourth-order valence-electron chi connectivity index (χ4n) is 4.53. The van der Waals surface area contributed by atoms with E-state index < -0.39 is 0 Å². The number of fused-ring (bicyclic) bond motifs is 1. The molecule has 11 heteroatoms. The van der Waals surface area contributed by atoms with Crippen LogP contribution in [0.5, 0.6) is 5.75 Å². The fourth-order valence-corrected chi connectivity index (χ4v) is 4.53. The van der Waals surface area contributed by atoms with Crippen molar-refractivity contribution in [3.8, 4) is 17.0 Å². The molecule has 1 amide bonds. The molecule has 4 heterocycles. The molecule has 5 rings (SSSR count). The number of carbonyl (C=O) groups excluding carboxylic acids is 1. The molecule has 2 fully saturated rings. The Morgan fingerprint density at radius 3 is 2.58 bits per heavy atom. The quantitative estimate of drug-likeness (QED) is 0.247. The number of carbonyl (C=O) groups is 1. The zero-order chi connectivity index (χ0) is 24.7. The number of nitrogens with two attached hydrogens (primary N) is 1. The first-order chi connectivity index (χ1) is 16.8. The van der Waals surface area contributed by atoms with Crippen LogP contribution >= 0.6 is 0 Å². The summed E-state index contributed by atoms with van der Waals surface area (Å²) in [5, 5.41) is 13.2. The third-order valence-corrected chi connectivity index (χ3v) is 7.02. The summed E-state index contributed by atoms with van der Waals surface area (Å²) in [6.07, 6.45) is 7.43. The summed E-state index contributed by atoms with van der Waals surface area (Å²) in [5.74, 6) is 1.24. The van der Waals surface area contributed by atoms with Crippen molar-refractivity contribution in [2.45, 2.75) is 52.5 Å². The van der Waals surface area contributed by atoms with Gasteiger partial charge in [-0.2, -0.15) is 5.10 Å². The molecule has 1 aliphatic carbocycles. The minimum Gasteiger partial charge on any atom is -0.492 e. The van der Waals surface area contributed by atoms with Gasteiger partial charge >= 0.3 is 51.4 Å². The largest absolute Gasteiger partial charge is 1.00 e. The van der Waals surface area contributed by atoms with Crippen LogP contribution in [0.15, 0.2) is 35.9 Å². The van der Waals surface area contributed by atoms with Crippen molar-refractivity contribution in [1.82, 2.24) is 24.6 Å². The second kappa shape index (κ2) is 11.1. The van der Waals surface area contributed by atoms with Crippen molar-refractivity contribution in [2.24, 2.45) is 11.7 Å². The summed E-state index contributed by atoms with van der Waals surface area (Å²) in [5.41, 5.74) is 14.5. The number of aromatic amines is 1. The van der Waals surface area contributed by atoms with E-state index in [9.17, 15) is 4.79 Å². The standard InChI is InChI=1S/C25H31N8O2.K/c1-14(15(2)26)23(27)31-35-20-10-18-11-22(30-24(18)28-12-20)21-13-29-33(16(21)3)19-6-8-32(9-7-19)25(34)17-4-5-17;/h10-13,17,19H,4-9H2,1-3H3,(H4-,26,27,28,30,31);/q-1;+1. The molecule has 3 aromatic heterocycles. The maximum absolute atomic E-state index is 12.4. The number of likely N-dealkylation sites (tertiary alicyclic amines) is 1. The Morgan fingerprint density at radius 2 is 1.92 bits per heavy atom. The summed E-state index contributed by atoms with van der Waals surface area (Å²) in [6.45, 7) is 7.06. The van der Waals surface area contributed by atoms with Crippen LogP contribution in [-0.2, 0) is 4.79 Å². The van der Waals surface area contributed by atoms with Crippen molar-refractivity contribution >= 4 is 22.7 Å². The Bertz CT molecular complexity index is 1310. The van der Waals surface area contributed by atoms with E-state index in [0.29, 0.717) is 29.0 Å². The van der Waals surface area contributed by atoms with E-state index in [1.807, 2.05) is 23.2 Å². The Balaban J connectivity index is 0.00000304. The number of aromatic nitrogens is 4. The van der Waals surface area contributed by atoms with Crippen LogP contribution in [-0.4, -0.2) is 49.4 Å². The summed E-state index contributed by atoms with van der Waals surface area (Å²) in [7, 11) is 0. The van der Waals surface area contributed by atoms with Gasteiger partial charge in [-0.3, -0.25) is 15.0 Å². The average molecular weight is 515 g/mol. The Kier molecular flexibility index (Phi) is 8.25. The predicted molar refractivity (Wildman–Crippen MR) is 134 cm³/mol. The second-order valence-corrected chi connectivity index (χ2v) is 9.53. The molecule has 1 saturated heterocycles. The molecule has 2 aliphatic rings. The molecule has 10 nitrogen and oxygen atoms in total. The number of nitrogens with one attached hydrogen (secondary N) is 2. The molecule has 36 heavy (non-hydrogen) atoms. The topological polar surface area (TPSA) is 140 Å². The van der Waals surface area contributed by atoms with Crippen LogP contribution in [0.1, 0.15) is 51.3 Å². The number of pyridine rings is 1. The second-order valence-electron chi connectivity index (χ2n) is 9.53. The van der Waals surface area contributed by atoms with Crippen molar-refractivity contribution in [3.05, 3.63) is 47.1 Å². The van der Waals surface area contributed by atoms with Gasteiger partial charge in [-0.05, 0) is 70.0 Å². The smallest absolute Gasteiger partial charge is 0.492 e. The molecule has 4 N–H and O–H groups in total. The predicted octanol–water partition coefficient (Wildman–Crippen LogP) is 1.21. The first-order valence-electron chi connectivity index (χ1n) is 12.0. The van der Waals surface area contributed by atoms with Crippen LogP contribution in [0.3, 0.4) is 0 Å². The number of nitrogens with zero attached hydrogens (tertiary/aromatic N) is 5. The molecule has 3 aromatic rings. The number of hydrogen-bond acceptors (Lipinski definition) is 6. The van der Waals surface area contributed by atoms with E-state index in [-0.39, 0.29) is 63.1 Å². The van der Waals surface area contributed by atoms with Gasteiger partial charge in [-0.15, -0.1) is 0 Å². The molecule has 184 valence electrons. The van der Waals surface area contributed by atoms with E-state index in [2.05, 4.69) is 27.1 Å². The molecular weight excluding hydrogens is 483 g/mol. The van der Waals surface area contributed by atoms with Crippen LogP contribution in [0.2, 0.25) is 0 Å². The monoisotopic (exact) mass is 514 g/mol. The molecule has 0 aromatic carbocycles. The van der Waals surface area contributed by atoms with Gasteiger partial charge in [0.05, 0.1) is 24.1 Å². The first-order valence-corrected chi connectivity index (χ1v) is 12.0. The van der Waals surface area contributed by atoms with Crippen molar-refractivity contribution in [1.29, 1.82) is 5.41 Å². The summed E-state index contributed by atoms with van der Waals surface area (Å²) >= 11 is 0. The van der Waals surface area contributed by atoms with Gasteiger partial charge in [0, 0.05) is 41.4 Å². The number of piperidine rings is 1.